The van der Waals surface area contributed by atoms with E-state index in [9.17, 15) is 14.0 Å². The van der Waals surface area contributed by atoms with Crippen LogP contribution < -0.4 is 10.6 Å². The van der Waals surface area contributed by atoms with Gasteiger partial charge in [-0.25, -0.2) is 14.0 Å². The van der Waals surface area contributed by atoms with E-state index in [1.807, 2.05) is 24.3 Å². The van der Waals surface area contributed by atoms with Gasteiger partial charge in [-0.2, -0.15) is 0 Å². The molecular formula is C23H21FN4O3S. The number of amides is 2. The lowest BCUT2D eigenvalue weighted by molar-refractivity contribution is -0.138. The minimum absolute atomic E-state index is 0.240. The van der Waals surface area contributed by atoms with E-state index < -0.39 is 12.0 Å². The first kappa shape index (κ1) is 21.8. The van der Waals surface area contributed by atoms with E-state index in [4.69, 9.17) is 4.74 Å². The quantitative estimate of drug-likeness (QED) is 0.433. The number of aromatic nitrogens is 2. The van der Waals surface area contributed by atoms with Crippen molar-refractivity contribution in [3.05, 3.63) is 65.6 Å². The largest absolute Gasteiger partial charge is 0.463 e. The topological polar surface area (TPSA) is 93.2 Å². The molecule has 164 valence electrons. The fourth-order valence-corrected chi connectivity index (χ4v) is 4.48. The highest BCUT2D eigenvalue weighted by Gasteiger charge is 2.29. The second kappa shape index (κ2) is 9.35. The van der Waals surface area contributed by atoms with E-state index in [0.717, 1.165) is 16.3 Å². The third kappa shape index (κ3) is 4.43. The minimum Gasteiger partial charge on any atom is -0.463 e. The predicted octanol–water partition coefficient (Wildman–Crippen LogP) is 4.05. The highest BCUT2D eigenvalue weighted by atomic mass is 32.2. The Balaban J connectivity index is 1.68. The summed E-state index contributed by atoms with van der Waals surface area (Å²) in [7, 11) is 0. The molecule has 1 aliphatic heterocycles. The van der Waals surface area contributed by atoms with Crippen LogP contribution in [0.3, 0.4) is 0 Å². The zero-order valence-corrected chi connectivity index (χ0v) is 18.3. The van der Waals surface area contributed by atoms with Gasteiger partial charge in [-0.05, 0) is 38.1 Å². The smallest absolute Gasteiger partial charge is 0.337 e. The van der Waals surface area contributed by atoms with Gasteiger partial charge in [0.15, 0.2) is 0 Å². The van der Waals surface area contributed by atoms with Crippen molar-refractivity contribution in [2.24, 2.45) is 0 Å². The number of nitrogens with zero attached hydrogens (tertiary/aromatic N) is 2. The Morgan fingerprint density at radius 3 is 2.56 bits per heavy atom. The first-order valence-corrected chi connectivity index (χ1v) is 11.1. The Labute approximate surface area is 188 Å². The molecule has 0 unspecified atom stereocenters. The lowest BCUT2D eigenvalue weighted by atomic mass is 10.1. The number of fused-ring (bicyclic) bond motifs is 1. The van der Waals surface area contributed by atoms with Crippen LogP contribution in [0.2, 0.25) is 0 Å². The lowest BCUT2D eigenvalue weighted by Crippen LogP contribution is -2.49. The number of halogens is 1. The molecule has 0 radical (unpaired) electrons. The zero-order valence-electron chi connectivity index (χ0n) is 17.5. The van der Waals surface area contributed by atoms with Crippen molar-refractivity contribution in [3.63, 3.8) is 0 Å². The summed E-state index contributed by atoms with van der Waals surface area (Å²) in [6.07, 6.45) is 0. The van der Waals surface area contributed by atoms with Crippen LogP contribution in [-0.4, -0.2) is 40.6 Å². The highest BCUT2D eigenvalue weighted by Crippen LogP contribution is 2.33. The van der Waals surface area contributed by atoms with Gasteiger partial charge < -0.3 is 15.4 Å². The molecule has 2 N–H and O–H groups in total. The Kier molecular flexibility index (Phi) is 6.36. The van der Waals surface area contributed by atoms with Crippen LogP contribution in [-0.2, 0) is 9.53 Å². The Bertz CT molecular complexity index is 1210. The number of hydrogen-bond acceptors (Lipinski definition) is 6. The van der Waals surface area contributed by atoms with E-state index in [-0.39, 0.29) is 18.5 Å². The van der Waals surface area contributed by atoms with E-state index in [0.29, 0.717) is 27.7 Å². The number of benzene rings is 2. The molecule has 9 heteroatoms. The SMILES string of the molecule is CCOC(=O)C1=C(CSc2nnc(-c3ccc(F)cc3)c3ccccc23)NC(=O)N[C@@H]1C. The van der Waals surface area contributed by atoms with Gasteiger partial charge in [-0.1, -0.05) is 36.0 Å². The molecule has 3 aromatic rings. The van der Waals surface area contributed by atoms with Gasteiger partial charge in [0.1, 0.15) is 16.5 Å². The maximum atomic E-state index is 13.3. The van der Waals surface area contributed by atoms with Crippen LogP contribution in [0.1, 0.15) is 13.8 Å². The molecule has 1 aromatic heterocycles. The number of carbonyl (C=O) groups excluding carboxylic acids is 2. The van der Waals surface area contributed by atoms with Crippen molar-refractivity contribution < 1.29 is 18.7 Å². The number of ether oxygens (including phenoxy) is 1. The normalized spacial score (nSPS) is 16.0. The van der Waals surface area contributed by atoms with Crippen LogP contribution >= 0.6 is 11.8 Å². The van der Waals surface area contributed by atoms with Crippen LogP contribution in [0, 0.1) is 5.82 Å². The molecule has 2 amide bonds. The maximum absolute atomic E-state index is 13.3. The molecule has 0 bridgehead atoms. The van der Waals surface area contributed by atoms with E-state index in [2.05, 4.69) is 20.8 Å². The molecule has 4 rings (SSSR count). The number of thioether (sulfide) groups is 1. The van der Waals surface area contributed by atoms with Crippen LogP contribution in [0.15, 0.2) is 64.8 Å². The molecule has 0 aliphatic carbocycles. The first-order valence-electron chi connectivity index (χ1n) is 10.1. The summed E-state index contributed by atoms with van der Waals surface area (Å²) in [4.78, 5) is 24.4. The molecule has 0 saturated carbocycles. The number of urea groups is 1. The van der Waals surface area contributed by atoms with Gasteiger partial charge in [0, 0.05) is 27.8 Å². The standard InChI is InChI=1S/C23H21FN4O3S/c1-3-31-22(29)19-13(2)25-23(30)26-18(19)12-32-21-17-7-5-4-6-16(17)20(27-28-21)14-8-10-15(24)11-9-14/h4-11,13H,3,12H2,1-2H3,(H2,25,26,30)/t13-/m1/s1. The van der Waals surface area contributed by atoms with Gasteiger partial charge in [0.25, 0.3) is 0 Å². The van der Waals surface area contributed by atoms with Crippen molar-refractivity contribution in [1.82, 2.24) is 20.8 Å². The Hall–Kier alpha value is -3.46. The van der Waals surface area contributed by atoms with Crippen LogP contribution in [0.5, 0.6) is 0 Å². The number of esters is 1. The van der Waals surface area contributed by atoms with Crippen LogP contribution in [0.25, 0.3) is 22.0 Å². The lowest BCUT2D eigenvalue weighted by Gasteiger charge is -2.26. The number of carbonyl (C=O) groups is 2. The second-order valence-corrected chi connectivity index (χ2v) is 8.09. The zero-order chi connectivity index (χ0) is 22.7. The van der Waals surface area contributed by atoms with Crippen LogP contribution in [0.4, 0.5) is 9.18 Å². The number of hydrogen-bond donors (Lipinski definition) is 2. The summed E-state index contributed by atoms with van der Waals surface area (Å²) in [6.45, 7) is 3.71. The molecule has 1 aliphatic rings. The first-order chi connectivity index (χ1) is 15.5. The predicted molar refractivity (Wildman–Crippen MR) is 120 cm³/mol. The molecule has 32 heavy (non-hydrogen) atoms. The molecule has 0 spiro atoms. The van der Waals surface area contributed by atoms with Crippen molar-refractivity contribution in [3.8, 4) is 11.3 Å². The van der Waals surface area contributed by atoms with Gasteiger partial charge in [0.05, 0.1) is 18.2 Å². The Morgan fingerprint density at radius 1 is 1.12 bits per heavy atom. The molecule has 7 nitrogen and oxygen atoms in total. The third-order valence-corrected chi connectivity index (χ3v) is 6.00. The third-order valence-electron chi connectivity index (χ3n) is 4.99. The van der Waals surface area contributed by atoms with Crippen molar-refractivity contribution in [1.29, 1.82) is 0 Å². The number of rotatable bonds is 6. The van der Waals surface area contributed by atoms with Crippen molar-refractivity contribution in [2.75, 3.05) is 12.4 Å². The summed E-state index contributed by atoms with van der Waals surface area (Å²) in [5, 5.41) is 16.6. The molecule has 2 aromatic carbocycles. The second-order valence-electron chi connectivity index (χ2n) is 7.13. The van der Waals surface area contributed by atoms with Gasteiger partial charge in [0.2, 0.25) is 0 Å². The Morgan fingerprint density at radius 2 is 1.84 bits per heavy atom. The van der Waals surface area contributed by atoms with Gasteiger partial charge >= 0.3 is 12.0 Å². The fourth-order valence-electron chi connectivity index (χ4n) is 3.54. The molecular weight excluding hydrogens is 431 g/mol. The minimum atomic E-state index is -0.470. The summed E-state index contributed by atoms with van der Waals surface area (Å²) in [5.74, 6) is -0.478. The molecule has 0 fully saturated rings. The summed E-state index contributed by atoms with van der Waals surface area (Å²) in [5.41, 5.74) is 2.29. The monoisotopic (exact) mass is 452 g/mol. The van der Waals surface area contributed by atoms with Crippen molar-refractivity contribution >= 4 is 34.5 Å². The van der Waals surface area contributed by atoms with Crippen molar-refractivity contribution in [2.45, 2.75) is 24.9 Å². The molecule has 2 heterocycles. The maximum Gasteiger partial charge on any atom is 0.337 e. The average molecular weight is 453 g/mol. The van der Waals surface area contributed by atoms with Gasteiger partial charge in [-0.15, -0.1) is 10.2 Å². The van der Waals surface area contributed by atoms with E-state index in [1.165, 1.54) is 23.9 Å². The fraction of sp³-hybridized carbons (Fsp3) is 0.217. The van der Waals surface area contributed by atoms with E-state index >= 15 is 0 Å². The average Bonchev–Trinajstić information content (AvgIpc) is 2.78. The summed E-state index contributed by atoms with van der Waals surface area (Å²) < 4.78 is 18.5. The summed E-state index contributed by atoms with van der Waals surface area (Å²) in [6, 6.07) is 12.9. The highest BCUT2D eigenvalue weighted by molar-refractivity contribution is 7.99. The molecule has 0 saturated heterocycles. The molecule has 1 atom stereocenters. The van der Waals surface area contributed by atoms with Gasteiger partial charge in [-0.3, -0.25) is 0 Å². The van der Waals surface area contributed by atoms with E-state index in [1.54, 1.807) is 26.0 Å². The summed E-state index contributed by atoms with van der Waals surface area (Å²) >= 11 is 1.36. The number of nitrogens with one attached hydrogen (secondary N) is 2.